The summed E-state index contributed by atoms with van der Waals surface area (Å²) in [4.78, 5) is 38.1. The van der Waals surface area contributed by atoms with E-state index in [1.807, 2.05) is 0 Å². The molecule has 0 bridgehead atoms. The zero-order valence-corrected chi connectivity index (χ0v) is 44.8. The minimum Gasteiger partial charge on any atom is -0.462 e. The van der Waals surface area contributed by atoms with Gasteiger partial charge in [-0.1, -0.05) is 239 Å². The molecule has 0 fully saturated rings. The van der Waals surface area contributed by atoms with E-state index in [2.05, 4.69) is 130 Å². The summed E-state index contributed by atoms with van der Waals surface area (Å²) in [6, 6.07) is 0. The van der Waals surface area contributed by atoms with Crippen LogP contribution in [0.3, 0.4) is 0 Å². The van der Waals surface area contributed by atoms with Gasteiger partial charge in [0.15, 0.2) is 6.10 Å². The topological polar surface area (TPSA) is 78.9 Å². The second kappa shape index (κ2) is 56.7. The third-order valence-corrected chi connectivity index (χ3v) is 11.8. The second-order valence-corrected chi connectivity index (χ2v) is 18.5. The fraction of sp³-hybridized carbons (Fsp3) is 0.667. The van der Waals surface area contributed by atoms with E-state index < -0.39 is 6.10 Å². The minimum atomic E-state index is -0.818. The van der Waals surface area contributed by atoms with Crippen LogP contribution in [0.1, 0.15) is 252 Å². The zero-order valence-electron chi connectivity index (χ0n) is 44.8. The summed E-state index contributed by atoms with van der Waals surface area (Å²) in [7, 11) is 0. The molecule has 0 aromatic carbocycles. The zero-order chi connectivity index (χ0) is 50.0. The van der Waals surface area contributed by atoms with Gasteiger partial charge in [-0.25, -0.2) is 0 Å². The maximum absolute atomic E-state index is 12.8. The van der Waals surface area contributed by atoms with Crippen molar-refractivity contribution in [3.05, 3.63) is 109 Å². The van der Waals surface area contributed by atoms with Crippen LogP contribution < -0.4 is 0 Å². The van der Waals surface area contributed by atoms with Crippen molar-refractivity contribution >= 4 is 17.9 Å². The Bertz CT molecular complexity index is 1420. The molecule has 392 valence electrons. The summed E-state index contributed by atoms with van der Waals surface area (Å²) in [6.45, 7) is 6.43. The monoisotopic (exact) mass is 957 g/mol. The number of carbonyl (C=O) groups is 3. The van der Waals surface area contributed by atoms with Gasteiger partial charge < -0.3 is 14.2 Å². The predicted octanol–water partition coefficient (Wildman–Crippen LogP) is 19.1. The standard InChI is InChI=1S/C63H104O6/c1-4-7-10-13-16-19-22-25-28-30-31-33-36-39-42-45-48-51-54-57-63(66)69-60(58-67-61(64)55-52-49-46-43-40-37-34-27-24-21-18-15-12-9-6-3)59-68-62(65)56-53-50-47-44-41-38-35-32-29-26-23-20-17-14-11-8-5-2/h7,10,16-17,19-20,25-26,28-29,31,33,35,38-39,42,44,47,60H,4-6,8-9,11-15,18,21-24,27,30,32,34,36-37,40-41,43,45-46,48-59H2,1-3H3/b10-7-,19-16-,20-17-,28-25-,29-26-,33-31-,38-35-,42-39-,47-44-/t60-/m0/s1. The van der Waals surface area contributed by atoms with Crippen molar-refractivity contribution in [3.8, 4) is 0 Å². The maximum atomic E-state index is 12.8. The number of allylic oxidation sites excluding steroid dienone is 18. The van der Waals surface area contributed by atoms with Crippen molar-refractivity contribution in [1.29, 1.82) is 0 Å². The van der Waals surface area contributed by atoms with E-state index in [0.29, 0.717) is 19.3 Å². The highest BCUT2D eigenvalue weighted by Crippen LogP contribution is 2.15. The van der Waals surface area contributed by atoms with E-state index in [1.165, 1.54) is 103 Å². The Kier molecular flexibility index (Phi) is 53.4. The van der Waals surface area contributed by atoms with Gasteiger partial charge in [0.05, 0.1) is 0 Å². The van der Waals surface area contributed by atoms with Gasteiger partial charge >= 0.3 is 17.9 Å². The Morgan fingerprint density at radius 1 is 0.304 bits per heavy atom. The van der Waals surface area contributed by atoms with Gasteiger partial charge in [-0.3, -0.25) is 14.4 Å². The van der Waals surface area contributed by atoms with Crippen molar-refractivity contribution < 1.29 is 28.6 Å². The summed E-state index contributed by atoms with van der Waals surface area (Å²) < 4.78 is 16.8. The highest BCUT2D eigenvalue weighted by molar-refractivity contribution is 5.71. The Morgan fingerprint density at radius 2 is 0.580 bits per heavy atom. The summed E-state index contributed by atoms with van der Waals surface area (Å²) in [5.41, 5.74) is 0. The summed E-state index contributed by atoms with van der Waals surface area (Å²) in [6.07, 6.45) is 76.5. The first-order valence-electron chi connectivity index (χ1n) is 28.4. The van der Waals surface area contributed by atoms with Crippen LogP contribution in [0.2, 0.25) is 0 Å². The van der Waals surface area contributed by atoms with Crippen LogP contribution in [0.15, 0.2) is 109 Å². The van der Waals surface area contributed by atoms with E-state index in [0.717, 1.165) is 96.3 Å². The van der Waals surface area contributed by atoms with Gasteiger partial charge in [0.25, 0.3) is 0 Å². The van der Waals surface area contributed by atoms with Crippen LogP contribution >= 0.6 is 0 Å². The number of unbranched alkanes of at least 4 members (excludes halogenated alkanes) is 21. The Morgan fingerprint density at radius 3 is 0.971 bits per heavy atom. The molecule has 0 saturated heterocycles. The molecule has 6 nitrogen and oxygen atoms in total. The van der Waals surface area contributed by atoms with Crippen molar-refractivity contribution in [2.24, 2.45) is 0 Å². The summed E-state index contributed by atoms with van der Waals surface area (Å²) in [5, 5.41) is 0. The van der Waals surface area contributed by atoms with Gasteiger partial charge in [-0.15, -0.1) is 0 Å². The lowest BCUT2D eigenvalue weighted by atomic mass is 10.0. The van der Waals surface area contributed by atoms with E-state index >= 15 is 0 Å². The van der Waals surface area contributed by atoms with E-state index in [4.69, 9.17) is 14.2 Å². The third kappa shape index (κ3) is 54.9. The average Bonchev–Trinajstić information content (AvgIpc) is 3.35. The quantitative estimate of drug-likeness (QED) is 0.0262. The van der Waals surface area contributed by atoms with Crippen LogP contribution in [0.5, 0.6) is 0 Å². The number of ether oxygens (including phenoxy) is 3. The highest BCUT2D eigenvalue weighted by Gasteiger charge is 2.19. The Labute approximate surface area is 425 Å². The SMILES string of the molecule is CC/C=C\C/C=C\C/C=C\C/C=C\C/C=C\CCCCCC(=O)O[C@H](COC(=O)CCC/C=C\C/C=C\C/C=C\C/C=C\CCCCC)COC(=O)CCCCCCCCCCCCCCCCC. The molecule has 0 amide bonds. The lowest BCUT2D eigenvalue weighted by Gasteiger charge is -2.18. The van der Waals surface area contributed by atoms with Crippen molar-refractivity contribution in [2.75, 3.05) is 13.2 Å². The van der Waals surface area contributed by atoms with Gasteiger partial charge in [0.1, 0.15) is 13.2 Å². The van der Waals surface area contributed by atoms with Crippen molar-refractivity contribution in [1.82, 2.24) is 0 Å². The Hall–Kier alpha value is -3.93. The molecule has 0 aliphatic carbocycles. The molecule has 0 aromatic heterocycles. The molecule has 6 heteroatoms. The molecule has 0 aliphatic rings. The number of hydrogen-bond acceptors (Lipinski definition) is 6. The van der Waals surface area contributed by atoms with Gasteiger partial charge in [-0.2, -0.15) is 0 Å². The van der Waals surface area contributed by atoms with E-state index in [9.17, 15) is 14.4 Å². The highest BCUT2D eigenvalue weighted by atomic mass is 16.6. The molecule has 0 heterocycles. The molecular weight excluding hydrogens is 853 g/mol. The van der Waals surface area contributed by atoms with Crippen molar-refractivity contribution in [3.63, 3.8) is 0 Å². The van der Waals surface area contributed by atoms with Crippen LogP contribution in [0.25, 0.3) is 0 Å². The van der Waals surface area contributed by atoms with Gasteiger partial charge in [0, 0.05) is 19.3 Å². The molecule has 0 spiro atoms. The van der Waals surface area contributed by atoms with Crippen LogP contribution in [0.4, 0.5) is 0 Å². The van der Waals surface area contributed by atoms with Gasteiger partial charge in [-0.05, 0) is 103 Å². The second-order valence-electron chi connectivity index (χ2n) is 18.5. The smallest absolute Gasteiger partial charge is 0.306 e. The fourth-order valence-corrected chi connectivity index (χ4v) is 7.52. The predicted molar refractivity (Wildman–Crippen MR) is 297 cm³/mol. The molecular formula is C63H104O6. The minimum absolute atomic E-state index is 0.108. The molecule has 0 N–H and O–H groups in total. The largest absolute Gasteiger partial charge is 0.462 e. The van der Waals surface area contributed by atoms with E-state index in [1.54, 1.807) is 0 Å². The summed E-state index contributed by atoms with van der Waals surface area (Å²) in [5.74, 6) is -0.998. The first-order valence-corrected chi connectivity index (χ1v) is 28.4. The van der Waals surface area contributed by atoms with Crippen LogP contribution in [-0.2, 0) is 28.6 Å². The lowest BCUT2D eigenvalue weighted by Crippen LogP contribution is -2.30. The van der Waals surface area contributed by atoms with Crippen molar-refractivity contribution in [2.45, 2.75) is 258 Å². The molecule has 0 saturated carbocycles. The molecule has 1 atom stereocenters. The van der Waals surface area contributed by atoms with Crippen LogP contribution in [-0.4, -0.2) is 37.2 Å². The summed E-state index contributed by atoms with van der Waals surface area (Å²) >= 11 is 0. The molecule has 0 aliphatic heterocycles. The first-order chi connectivity index (χ1) is 34.0. The average molecular weight is 958 g/mol. The number of esters is 3. The first kappa shape index (κ1) is 65.1. The maximum Gasteiger partial charge on any atom is 0.306 e. The third-order valence-electron chi connectivity index (χ3n) is 11.8. The van der Waals surface area contributed by atoms with E-state index in [-0.39, 0.29) is 44.0 Å². The molecule has 0 radical (unpaired) electrons. The molecule has 0 unspecified atom stereocenters. The van der Waals surface area contributed by atoms with Crippen LogP contribution in [0, 0.1) is 0 Å². The molecule has 69 heavy (non-hydrogen) atoms. The molecule has 0 aromatic rings. The Balaban J connectivity index is 4.54. The lowest BCUT2D eigenvalue weighted by molar-refractivity contribution is -0.167. The normalized spacial score (nSPS) is 12.9. The molecule has 0 rings (SSSR count). The number of hydrogen-bond donors (Lipinski definition) is 0. The number of rotatable bonds is 50. The number of carbonyl (C=O) groups excluding carboxylic acids is 3. The fourth-order valence-electron chi connectivity index (χ4n) is 7.52. The van der Waals surface area contributed by atoms with Gasteiger partial charge in [0.2, 0.25) is 0 Å².